The van der Waals surface area contributed by atoms with Crippen molar-refractivity contribution in [1.29, 1.82) is 0 Å². The summed E-state index contributed by atoms with van der Waals surface area (Å²) < 4.78 is 36.6. The van der Waals surface area contributed by atoms with E-state index in [-0.39, 0.29) is 51.7 Å². The molecule has 1 N–H and O–H groups in total. The first kappa shape index (κ1) is 28.2. The third kappa shape index (κ3) is 5.33. The van der Waals surface area contributed by atoms with Gasteiger partial charge in [0.1, 0.15) is 30.3 Å². The molecular weight excluding hydrogens is 559 g/mol. The van der Waals surface area contributed by atoms with Crippen molar-refractivity contribution in [3.63, 3.8) is 0 Å². The summed E-state index contributed by atoms with van der Waals surface area (Å²) in [7, 11) is 1.38. The maximum absolute atomic E-state index is 13.5. The summed E-state index contributed by atoms with van der Waals surface area (Å²) in [6.45, 7) is 7.23. The number of cyclic esters (lactones) is 1. The fraction of sp³-hybridized carbons (Fsp3) is 0.462. The van der Waals surface area contributed by atoms with Crippen LogP contribution in [0.2, 0.25) is 5.02 Å². The molecule has 0 amide bonds. The van der Waals surface area contributed by atoms with Gasteiger partial charge in [0.05, 0.1) is 33.7 Å². The highest BCUT2D eigenvalue weighted by molar-refractivity contribution is 9.10. The number of halogens is 3. The second-order valence-corrected chi connectivity index (χ2v) is 10.9. The Hall–Kier alpha value is -2.36. The molecule has 1 heterocycles. The van der Waals surface area contributed by atoms with Crippen molar-refractivity contribution in [2.45, 2.75) is 53.8 Å². The molecule has 0 fully saturated rings. The molecule has 0 saturated carbocycles. The van der Waals surface area contributed by atoms with Gasteiger partial charge in [-0.05, 0) is 66.7 Å². The van der Waals surface area contributed by atoms with Gasteiger partial charge >= 0.3 is 11.9 Å². The van der Waals surface area contributed by atoms with E-state index in [1.165, 1.54) is 27.0 Å². The largest absolute Gasteiger partial charge is 0.495 e. The van der Waals surface area contributed by atoms with Crippen LogP contribution in [-0.2, 0) is 16.1 Å². The first-order chi connectivity index (χ1) is 16.8. The number of alkyl halides is 1. The highest BCUT2D eigenvalue weighted by atomic mass is 79.9. The molecular formula is C26H29BrClFO7. The number of aliphatic hydroxyl groups is 1. The minimum atomic E-state index is -1.41. The quantitative estimate of drug-likeness (QED) is 0.279. The fourth-order valence-corrected chi connectivity index (χ4v) is 4.49. The Kier molecular flexibility index (Phi) is 8.58. The lowest BCUT2D eigenvalue weighted by Crippen LogP contribution is -2.31. The van der Waals surface area contributed by atoms with E-state index in [1.54, 1.807) is 13.0 Å². The number of esters is 2. The number of methoxy groups -OCH3 is 1. The van der Waals surface area contributed by atoms with E-state index < -0.39 is 30.1 Å². The van der Waals surface area contributed by atoms with Crippen molar-refractivity contribution in [2.75, 3.05) is 13.8 Å². The highest BCUT2D eigenvalue weighted by Gasteiger charge is 2.36. The first-order valence-corrected chi connectivity index (χ1v) is 12.5. The van der Waals surface area contributed by atoms with Crippen LogP contribution in [0.25, 0.3) is 0 Å². The number of hydrogen-bond donors (Lipinski definition) is 1. The van der Waals surface area contributed by atoms with E-state index in [9.17, 15) is 19.1 Å². The standard InChI is InChI=1S/C26H29BrClFO7/c1-12(2)9-16(30)14-7-8-17-18(21(14)33-6)24(31)34-10-15-20(28)13(3)19(27)23(22(15)35-17)36-25(32)26(4,5)11-29/h7-8,12,16,30H,9-11H2,1-6H3/t16-/m0/s1. The molecule has 0 spiro atoms. The lowest BCUT2D eigenvalue weighted by atomic mass is 9.96. The van der Waals surface area contributed by atoms with Gasteiger partial charge in [0.15, 0.2) is 11.5 Å². The topological polar surface area (TPSA) is 91.3 Å². The predicted octanol–water partition coefficient (Wildman–Crippen LogP) is 6.86. The van der Waals surface area contributed by atoms with Crippen LogP contribution in [0.1, 0.15) is 67.3 Å². The third-order valence-electron chi connectivity index (χ3n) is 5.86. The second kappa shape index (κ2) is 10.9. The summed E-state index contributed by atoms with van der Waals surface area (Å²) in [6.07, 6.45) is -0.443. The molecule has 0 radical (unpaired) electrons. The third-order valence-corrected chi connectivity index (χ3v) is 7.32. The van der Waals surface area contributed by atoms with E-state index in [0.717, 1.165) is 0 Å². The lowest BCUT2D eigenvalue weighted by Gasteiger charge is -2.26. The SMILES string of the molecule is COc1c([C@@H](O)CC(C)C)ccc2c1C(=O)OCc1c(Cl)c(C)c(Br)c(OC(=O)C(C)(C)CF)c1O2. The van der Waals surface area contributed by atoms with E-state index in [1.807, 2.05) is 13.8 Å². The molecule has 36 heavy (non-hydrogen) atoms. The number of fused-ring (bicyclic) bond motifs is 2. The molecule has 2 aromatic carbocycles. The predicted molar refractivity (Wildman–Crippen MR) is 136 cm³/mol. The van der Waals surface area contributed by atoms with Gasteiger partial charge < -0.3 is 24.1 Å². The molecule has 3 rings (SSSR count). The Labute approximate surface area is 222 Å². The number of ether oxygens (including phenoxy) is 4. The smallest absolute Gasteiger partial charge is 0.346 e. The monoisotopic (exact) mass is 586 g/mol. The van der Waals surface area contributed by atoms with Gasteiger partial charge in [-0.25, -0.2) is 9.18 Å². The van der Waals surface area contributed by atoms with Gasteiger partial charge in [-0.1, -0.05) is 25.4 Å². The summed E-state index contributed by atoms with van der Waals surface area (Å²) >= 11 is 9.96. The maximum Gasteiger partial charge on any atom is 0.346 e. The number of aliphatic hydroxyl groups excluding tert-OH is 1. The van der Waals surface area contributed by atoms with Crippen molar-refractivity contribution >= 4 is 39.5 Å². The van der Waals surface area contributed by atoms with Crippen LogP contribution in [0.5, 0.6) is 23.0 Å². The molecule has 1 aliphatic rings. The van der Waals surface area contributed by atoms with Crippen molar-refractivity contribution in [1.82, 2.24) is 0 Å². The number of carbonyl (C=O) groups is 2. The van der Waals surface area contributed by atoms with Gasteiger partial charge in [0.25, 0.3) is 0 Å². The normalized spacial score (nSPS) is 14.1. The van der Waals surface area contributed by atoms with Crippen LogP contribution in [0.4, 0.5) is 4.39 Å². The molecule has 0 unspecified atom stereocenters. The molecule has 1 atom stereocenters. The molecule has 1 aliphatic heterocycles. The van der Waals surface area contributed by atoms with Gasteiger partial charge in [-0.15, -0.1) is 0 Å². The molecule has 10 heteroatoms. The summed E-state index contributed by atoms with van der Waals surface area (Å²) in [5.74, 6) is -1.19. The van der Waals surface area contributed by atoms with Crippen LogP contribution in [0.15, 0.2) is 16.6 Å². The molecule has 0 aromatic heterocycles. The molecule has 0 saturated heterocycles. The van der Waals surface area contributed by atoms with Gasteiger partial charge in [0, 0.05) is 5.56 Å². The van der Waals surface area contributed by atoms with E-state index in [0.29, 0.717) is 22.0 Å². The zero-order valence-electron chi connectivity index (χ0n) is 21.0. The Balaban J connectivity index is 2.22. The maximum atomic E-state index is 13.5. The average Bonchev–Trinajstić information content (AvgIpc) is 2.82. The van der Waals surface area contributed by atoms with Crippen molar-refractivity contribution in [3.05, 3.63) is 43.9 Å². The van der Waals surface area contributed by atoms with Crippen molar-refractivity contribution in [3.8, 4) is 23.0 Å². The summed E-state index contributed by atoms with van der Waals surface area (Å²) in [5, 5.41) is 11.0. The van der Waals surface area contributed by atoms with Crippen LogP contribution in [-0.4, -0.2) is 30.8 Å². The number of carbonyl (C=O) groups excluding carboxylic acids is 2. The van der Waals surface area contributed by atoms with Crippen molar-refractivity contribution in [2.24, 2.45) is 11.3 Å². The molecule has 0 aliphatic carbocycles. The van der Waals surface area contributed by atoms with Crippen LogP contribution in [0.3, 0.4) is 0 Å². The van der Waals surface area contributed by atoms with Crippen molar-refractivity contribution < 1.29 is 38.0 Å². The molecule has 196 valence electrons. The average molecular weight is 588 g/mol. The molecule has 2 aromatic rings. The second-order valence-electron chi connectivity index (χ2n) is 9.68. The highest BCUT2D eigenvalue weighted by Crippen LogP contribution is 2.50. The Bertz CT molecular complexity index is 1200. The zero-order chi connectivity index (χ0) is 26.9. The zero-order valence-corrected chi connectivity index (χ0v) is 23.3. The Morgan fingerprint density at radius 3 is 2.56 bits per heavy atom. The minimum Gasteiger partial charge on any atom is -0.495 e. The summed E-state index contributed by atoms with van der Waals surface area (Å²) in [6, 6.07) is 3.11. The summed E-state index contributed by atoms with van der Waals surface area (Å²) in [4.78, 5) is 25.9. The van der Waals surface area contributed by atoms with Gasteiger partial charge in [0.2, 0.25) is 0 Å². The summed E-state index contributed by atoms with van der Waals surface area (Å²) in [5.41, 5.74) is -0.235. The van der Waals surface area contributed by atoms with Crippen LogP contribution >= 0.6 is 27.5 Å². The first-order valence-electron chi connectivity index (χ1n) is 11.4. The van der Waals surface area contributed by atoms with E-state index in [4.69, 9.17) is 30.5 Å². The van der Waals surface area contributed by atoms with Gasteiger partial charge in [-0.2, -0.15) is 0 Å². The number of benzene rings is 2. The Morgan fingerprint density at radius 1 is 1.31 bits per heavy atom. The molecule has 0 bridgehead atoms. The lowest BCUT2D eigenvalue weighted by molar-refractivity contribution is -0.144. The van der Waals surface area contributed by atoms with Crippen LogP contribution in [0, 0.1) is 18.3 Å². The fourth-order valence-electron chi connectivity index (χ4n) is 3.68. The van der Waals surface area contributed by atoms with E-state index in [2.05, 4.69) is 15.9 Å². The molecule has 7 nitrogen and oxygen atoms in total. The van der Waals surface area contributed by atoms with Crippen LogP contribution < -0.4 is 14.2 Å². The number of hydrogen-bond acceptors (Lipinski definition) is 7. The number of rotatable bonds is 7. The van der Waals surface area contributed by atoms with Gasteiger partial charge in [-0.3, -0.25) is 4.79 Å². The van der Waals surface area contributed by atoms with E-state index >= 15 is 0 Å². The Morgan fingerprint density at radius 2 is 1.97 bits per heavy atom. The minimum absolute atomic E-state index is 0.0230.